The second-order valence-electron chi connectivity index (χ2n) is 13.9. The maximum absolute atomic E-state index is 2.71. The Morgan fingerprint density at radius 2 is 1.18 bits per heavy atom. The SMILES string of the molecule is CC1(C)C2=C3C(CC=C2)C(C)(C)c2cccc4c2N3c2c1cc(-c1cccc(-c3ccccc3)c1)cc2C4(C)C. The predicted molar refractivity (Wildman–Crippen MR) is 168 cm³/mol. The van der Waals surface area contributed by atoms with E-state index in [-0.39, 0.29) is 16.2 Å². The lowest BCUT2D eigenvalue weighted by molar-refractivity contribution is 0.335. The van der Waals surface area contributed by atoms with E-state index in [2.05, 4.69) is 144 Å². The molecule has 0 bridgehead atoms. The minimum absolute atomic E-state index is 0.0756. The topological polar surface area (TPSA) is 3.24 Å². The first-order chi connectivity index (χ1) is 19.1. The van der Waals surface area contributed by atoms with Gasteiger partial charge in [0.05, 0.1) is 11.4 Å². The summed E-state index contributed by atoms with van der Waals surface area (Å²) in [5, 5.41) is 0. The molecular weight excluding hydrogens is 482 g/mol. The first kappa shape index (κ1) is 24.0. The fourth-order valence-corrected chi connectivity index (χ4v) is 8.29. The molecule has 1 heteroatoms. The summed E-state index contributed by atoms with van der Waals surface area (Å²) < 4.78 is 0. The smallest absolute Gasteiger partial charge is 0.0541 e. The van der Waals surface area contributed by atoms with E-state index in [9.17, 15) is 0 Å². The Morgan fingerprint density at radius 3 is 1.93 bits per heavy atom. The van der Waals surface area contributed by atoms with Crippen molar-refractivity contribution < 1.29 is 0 Å². The Kier molecular flexibility index (Phi) is 4.60. The van der Waals surface area contributed by atoms with Crippen LogP contribution in [0, 0.1) is 5.92 Å². The number of para-hydroxylation sites is 1. The molecule has 4 aromatic rings. The molecule has 1 aliphatic carbocycles. The summed E-state index contributed by atoms with van der Waals surface area (Å²) >= 11 is 0. The van der Waals surface area contributed by atoms with Gasteiger partial charge in [0.15, 0.2) is 0 Å². The Balaban J connectivity index is 1.44. The van der Waals surface area contributed by atoms with Gasteiger partial charge in [-0.15, -0.1) is 0 Å². The molecule has 198 valence electrons. The average Bonchev–Trinajstić information content (AvgIpc) is 2.96. The van der Waals surface area contributed by atoms with Crippen molar-refractivity contribution in [2.24, 2.45) is 5.92 Å². The summed E-state index contributed by atoms with van der Waals surface area (Å²) in [6, 6.07) is 31.9. The second-order valence-corrected chi connectivity index (χ2v) is 13.9. The first-order valence-corrected chi connectivity index (χ1v) is 14.8. The standard InChI is InChI=1S/C39H37N/c1-37(2)28-17-11-19-30-34(28)40-35-29(37)18-12-20-31(35)39(5,6)33-23-27(22-32(36(33)40)38(30,3)4)26-16-10-15-25(21-26)24-13-8-7-9-14-24/h7-17,19-23,29H,18H2,1-6H3. The highest BCUT2D eigenvalue weighted by atomic mass is 15.2. The molecule has 8 rings (SSSR count). The van der Waals surface area contributed by atoms with E-state index >= 15 is 0 Å². The quantitative estimate of drug-likeness (QED) is 0.255. The highest BCUT2D eigenvalue weighted by Crippen LogP contribution is 2.66. The molecule has 0 amide bonds. The number of hydrogen-bond acceptors (Lipinski definition) is 1. The fraction of sp³-hybridized carbons (Fsp3) is 0.282. The Hall–Kier alpha value is -3.84. The van der Waals surface area contributed by atoms with Crippen LogP contribution in [0.2, 0.25) is 0 Å². The predicted octanol–water partition coefficient (Wildman–Crippen LogP) is 10.2. The van der Waals surface area contributed by atoms with Crippen LogP contribution in [0.3, 0.4) is 0 Å². The average molecular weight is 520 g/mol. The summed E-state index contributed by atoms with van der Waals surface area (Å²) in [5.74, 6) is 0.471. The van der Waals surface area contributed by atoms with Crippen LogP contribution in [0.15, 0.2) is 108 Å². The molecule has 0 aromatic heterocycles. The number of rotatable bonds is 2. The molecule has 1 atom stereocenters. The molecule has 3 heterocycles. The zero-order chi connectivity index (χ0) is 27.6. The highest BCUT2D eigenvalue weighted by molar-refractivity contribution is 5.92. The van der Waals surface area contributed by atoms with E-state index in [4.69, 9.17) is 0 Å². The van der Waals surface area contributed by atoms with Crippen LogP contribution >= 0.6 is 0 Å². The summed E-state index contributed by atoms with van der Waals surface area (Å²) in [5.41, 5.74) is 16.7. The van der Waals surface area contributed by atoms with Crippen molar-refractivity contribution in [3.63, 3.8) is 0 Å². The minimum Gasteiger partial charge on any atom is -0.312 e. The van der Waals surface area contributed by atoms with E-state index in [0.29, 0.717) is 5.92 Å². The number of anilines is 2. The van der Waals surface area contributed by atoms with Crippen molar-refractivity contribution >= 4 is 11.4 Å². The first-order valence-electron chi connectivity index (χ1n) is 14.8. The molecule has 40 heavy (non-hydrogen) atoms. The molecule has 0 N–H and O–H groups in total. The van der Waals surface area contributed by atoms with Crippen molar-refractivity contribution in [1.29, 1.82) is 0 Å². The van der Waals surface area contributed by atoms with Crippen LogP contribution in [0.4, 0.5) is 11.4 Å². The van der Waals surface area contributed by atoms with E-state index in [1.165, 1.54) is 61.5 Å². The lowest BCUT2D eigenvalue weighted by atomic mass is 9.56. The van der Waals surface area contributed by atoms with Gasteiger partial charge in [0.25, 0.3) is 0 Å². The van der Waals surface area contributed by atoms with Crippen LogP contribution in [-0.2, 0) is 16.2 Å². The van der Waals surface area contributed by atoms with Gasteiger partial charge in [-0.3, -0.25) is 0 Å². The number of hydrogen-bond donors (Lipinski definition) is 0. The van der Waals surface area contributed by atoms with Gasteiger partial charge < -0.3 is 4.90 Å². The van der Waals surface area contributed by atoms with Crippen molar-refractivity contribution in [2.75, 3.05) is 4.90 Å². The number of allylic oxidation sites excluding steroid dienone is 4. The maximum atomic E-state index is 2.71. The van der Waals surface area contributed by atoms with E-state index in [1.54, 1.807) is 5.70 Å². The number of nitrogens with zero attached hydrogens (tertiary/aromatic N) is 1. The summed E-state index contributed by atoms with van der Waals surface area (Å²) in [4.78, 5) is 2.71. The largest absolute Gasteiger partial charge is 0.312 e. The molecule has 4 aliphatic rings. The summed E-state index contributed by atoms with van der Waals surface area (Å²) in [7, 11) is 0. The lowest BCUT2D eigenvalue weighted by Crippen LogP contribution is -2.50. The minimum atomic E-state index is -0.111. The van der Waals surface area contributed by atoms with Gasteiger partial charge in [0.2, 0.25) is 0 Å². The van der Waals surface area contributed by atoms with E-state index < -0.39 is 0 Å². The van der Waals surface area contributed by atoms with Gasteiger partial charge >= 0.3 is 0 Å². The summed E-state index contributed by atoms with van der Waals surface area (Å²) in [6.07, 6.45) is 5.98. The molecule has 1 unspecified atom stereocenters. The van der Waals surface area contributed by atoms with Crippen LogP contribution in [0.5, 0.6) is 0 Å². The maximum Gasteiger partial charge on any atom is 0.0541 e. The number of benzene rings is 4. The van der Waals surface area contributed by atoms with E-state index in [1.807, 2.05) is 0 Å². The van der Waals surface area contributed by atoms with Gasteiger partial charge in [-0.05, 0) is 74.7 Å². The molecule has 3 aliphatic heterocycles. The molecule has 0 fully saturated rings. The third-order valence-electron chi connectivity index (χ3n) is 10.7. The monoisotopic (exact) mass is 519 g/mol. The molecule has 0 spiro atoms. The van der Waals surface area contributed by atoms with Crippen LogP contribution < -0.4 is 4.90 Å². The van der Waals surface area contributed by atoms with Crippen molar-refractivity contribution in [3.8, 4) is 22.3 Å². The van der Waals surface area contributed by atoms with Gasteiger partial charge in [-0.25, -0.2) is 0 Å². The van der Waals surface area contributed by atoms with Crippen molar-refractivity contribution in [2.45, 2.75) is 64.2 Å². The lowest BCUT2D eigenvalue weighted by Gasteiger charge is -2.58. The molecule has 4 aromatic carbocycles. The third-order valence-corrected chi connectivity index (χ3v) is 10.7. The van der Waals surface area contributed by atoms with Crippen LogP contribution in [-0.4, -0.2) is 0 Å². The van der Waals surface area contributed by atoms with Crippen molar-refractivity contribution in [1.82, 2.24) is 0 Å². The third kappa shape index (κ3) is 2.88. The fourth-order valence-electron chi connectivity index (χ4n) is 8.29. The Bertz CT molecular complexity index is 1790. The van der Waals surface area contributed by atoms with E-state index in [0.717, 1.165) is 6.42 Å². The molecular formula is C39H37N. The molecule has 0 saturated heterocycles. The summed E-state index contributed by atoms with van der Waals surface area (Å²) in [6.45, 7) is 14.7. The highest BCUT2D eigenvalue weighted by Gasteiger charge is 2.54. The molecule has 0 radical (unpaired) electrons. The second kappa shape index (κ2) is 7.67. The molecule has 1 nitrogen and oxygen atoms in total. The van der Waals surface area contributed by atoms with Gasteiger partial charge in [0.1, 0.15) is 0 Å². The van der Waals surface area contributed by atoms with Gasteiger partial charge in [-0.2, -0.15) is 0 Å². The molecule has 0 saturated carbocycles. The van der Waals surface area contributed by atoms with Crippen molar-refractivity contribution in [3.05, 3.63) is 131 Å². The Labute approximate surface area is 238 Å². The normalized spacial score (nSPS) is 21.8. The van der Waals surface area contributed by atoms with Gasteiger partial charge in [-0.1, -0.05) is 120 Å². The zero-order valence-corrected chi connectivity index (χ0v) is 24.5. The van der Waals surface area contributed by atoms with Crippen LogP contribution in [0.25, 0.3) is 22.3 Å². The van der Waals surface area contributed by atoms with Gasteiger partial charge in [0, 0.05) is 27.9 Å². The van der Waals surface area contributed by atoms with Crippen LogP contribution in [0.1, 0.15) is 70.2 Å². The Morgan fingerprint density at radius 1 is 0.575 bits per heavy atom. The zero-order valence-electron chi connectivity index (χ0n) is 24.5.